The zero-order valence-electron chi connectivity index (χ0n) is 15.8. The van der Waals surface area contributed by atoms with Gasteiger partial charge in [-0.05, 0) is 42.7 Å². The average Bonchev–Trinajstić information content (AvgIpc) is 2.61. The molecule has 138 valence electrons. The molecule has 2 rings (SSSR count). The molecular weight excluding hydrogens is 328 g/mol. The summed E-state index contributed by atoms with van der Waals surface area (Å²) in [6, 6.07) is 14.1. The molecule has 0 bridgehead atoms. The van der Waals surface area contributed by atoms with E-state index in [2.05, 4.69) is 19.2 Å². The number of para-hydroxylation sites is 1. The summed E-state index contributed by atoms with van der Waals surface area (Å²) < 4.78 is 5.78. The van der Waals surface area contributed by atoms with Crippen LogP contribution in [-0.4, -0.2) is 37.4 Å². The van der Waals surface area contributed by atoms with Crippen LogP contribution in [0.1, 0.15) is 41.0 Å². The molecule has 0 unspecified atom stereocenters. The van der Waals surface area contributed by atoms with E-state index in [9.17, 15) is 9.59 Å². The molecule has 0 aliphatic rings. The molecule has 0 saturated heterocycles. The van der Waals surface area contributed by atoms with Crippen LogP contribution in [0, 0.1) is 5.92 Å². The molecule has 0 heterocycles. The summed E-state index contributed by atoms with van der Waals surface area (Å²) in [4.78, 5) is 26.2. The van der Waals surface area contributed by atoms with Crippen molar-refractivity contribution in [3.63, 3.8) is 0 Å². The highest BCUT2D eigenvalue weighted by molar-refractivity contribution is 6.06. The molecule has 2 amide bonds. The highest BCUT2D eigenvalue weighted by atomic mass is 16.5. The molecule has 0 saturated carbocycles. The number of hydrogen-bond acceptors (Lipinski definition) is 3. The summed E-state index contributed by atoms with van der Waals surface area (Å²) in [5.74, 6) is 0.720. The first kappa shape index (κ1) is 19.5. The Hall–Kier alpha value is -2.82. The highest BCUT2D eigenvalue weighted by Crippen LogP contribution is 2.21. The van der Waals surface area contributed by atoms with Gasteiger partial charge in [-0.3, -0.25) is 9.59 Å². The average molecular weight is 354 g/mol. The molecule has 0 fully saturated rings. The largest absolute Gasteiger partial charge is 0.493 e. The number of amides is 2. The number of ether oxygens (including phenoxy) is 1. The minimum atomic E-state index is -0.264. The molecular formula is C21H26N2O3. The first-order chi connectivity index (χ1) is 12.4. The quantitative estimate of drug-likeness (QED) is 0.815. The second-order valence-electron chi connectivity index (χ2n) is 6.76. The van der Waals surface area contributed by atoms with E-state index >= 15 is 0 Å². The van der Waals surface area contributed by atoms with Crippen LogP contribution in [-0.2, 0) is 0 Å². The minimum Gasteiger partial charge on any atom is -0.493 e. The van der Waals surface area contributed by atoms with E-state index < -0.39 is 0 Å². The predicted octanol–water partition coefficient (Wildman–Crippen LogP) is 4.07. The Balaban J connectivity index is 2.13. The van der Waals surface area contributed by atoms with Gasteiger partial charge in [-0.15, -0.1) is 0 Å². The van der Waals surface area contributed by atoms with Gasteiger partial charge in [0, 0.05) is 25.3 Å². The van der Waals surface area contributed by atoms with Crippen LogP contribution in [0.15, 0.2) is 48.5 Å². The lowest BCUT2D eigenvalue weighted by Crippen LogP contribution is -2.22. The van der Waals surface area contributed by atoms with Crippen LogP contribution in [0.5, 0.6) is 5.75 Å². The van der Waals surface area contributed by atoms with Crippen LogP contribution in [0.3, 0.4) is 0 Å². The predicted molar refractivity (Wildman–Crippen MR) is 104 cm³/mol. The van der Waals surface area contributed by atoms with E-state index in [0.29, 0.717) is 35.1 Å². The lowest BCUT2D eigenvalue weighted by atomic mass is 10.1. The number of anilines is 1. The fraction of sp³-hybridized carbons (Fsp3) is 0.333. The number of carbonyl (C=O) groups excluding carboxylic acids is 2. The Morgan fingerprint density at radius 2 is 1.81 bits per heavy atom. The molecule has 1 N–H and O–H groups in total. The number of benzene rings is 2. The van der Waals surface area contributed by atoms with Crippen molar-refractivity contribution in [2.75, 3.05) is 26.0 Å². The lowest BCUT2D eigenvalue weighted by molar-refractivity contribution is 0.0827. The normalized spacial score (nSPS) is 10.5. The van der Waals surface area contributed by atoms with Crippen molar-refractivity contribution in [2.24, 2.45) is 5.92 Å². The zero-order chi connectivity index (χ0) is 19.1. The molecule has 2 aromatic rings. The lowest BCUT2D eigenvalue weighted by Gasteiger charge is -2.14. The maximum Gasteiger partial charge on any atom is 0.259 e. The van der Waals surface area contributed by atoms with E-state index in [-0.39, 0.29) is 11.8 Å². The van der Waals surface area contributed by atoms with E-state index in [1.807, 2.05) is 6.07 Å². The van der Waals surface area contributed by atoms with Gasteiger partial charge < -0.3 is 15.0 Å². The van der Waals surface area contributed by atoms with E-state index in [0.717, 1.165) is 6.42 Å². The summed E-state index contributed by atoms with van der Waals surface area (Å²) in [5, 5.41) is 2.84. The molecule has 0 aromatic heterocycles. The molecule has 5 heteroatoms. The SMILES string of the molecule is CC(C)CCOc1ccccc1C(=O)Nc1cccc(C(=O)N(C)C)c1. The molecule has 26 heavy (non-hydrogen) atoms. The fourth-order valence-corrected chi connectivity index (χ4v) is 2.37. The third-order valence-corrected chi connectivity index (χ3v) is 3.86. The standard InChI is InChI=1S/C21H26N2O3/c1-15(2)12-13-26-19-11-6-5-10-18(19)20(24)22-17-9-7-8-16(14-17)21(25)23(3)4/h5-11,14-15H,12-13H2,1-4H3,(H,22,24). The third-order valence-electron chi connectivity index (χ3n) is 3.86. The van der Waals surface area contributed by atoms with Gasteiger partial charge in [-0.2, -0.15) is 0 Å². The fourth-order valence-electron chi connectivity index (χ4n) is 2.37. The minimum absolute atomic E-state index is 0.112. The maximum absolute atomic E-state index is 12.7. The topological polar surface area (TPSA) is 58.6 Å². The number of carbonyl (C=O) groups is 2. The van der Waals surface area contributed by atoms with E-state index in [4.69, 9.17) is 4.74 Å². The molecule has 0 spiro atoms. The van der Waals surface area contributed by atoms with Crippen molar-refractivity contribution in [2.45, 2.75) is 20.3 Å². The smallest absolute Gasteiger partial charge is 0.259 e. The van der Waals surface area contributed by atoms with Crippen molar-refractivity contribution in [3.8, 4) is 5.75 Å². The van der Waals surface area contributed by atoms with Gasteiger partial charge in [0.1, 0.15) is 5.75 Å². The molecule has 2 aromatic carbocycles. The van der Waals surface area contributed by atoms with Gasteiger partial charge in [0.15, 0.2) is 0 Å². The van der Waals surface area contributed by atoms with Gasteiger partial charge in [0.2, 0.25) is 0 Å². The van der Waals surface area contributed by atoms with E-state index in [1.54, 1.807) is 56.6 Å². The Morgan fingerprint density at radius 3 is 2.50 bits per heavy atom. The van der Waals surface area contributed by atoms with Gasteiger partial charge >= 0.3 is 0 Å². The van der Waals surface area contributed by atoms with Crippen molar-refractivity contribution in [1.82, 2.24) is 4.90 Å². The van der Waals surface area contributed by atoms with E-state index in [1.165, 1.54) is 4.90 Å². The van der Waals surface area contributed by atoms with Crippen molar-refractivity contribution in [1.29, 1.82) is 0 Å². The summed E-state index contributed by atoms with van der Waals surface area (Å²) in [6.45, 7) is 4.82. The Labute approximate surface area is 155 Å². The monoisotopic (exact) mass is 354 g/mol. The Kier molecular flexibility index (Phi) is 6.78. The number of nitrogens with one attached hydrogen (secondary N) is 1. The first-order valence-corrected chi connectivity index (χ1v) is 8.73. The molecule has 0 aliphatic heterocycles. The maximum atomic E-state index is 12.7. The van der Waals surface area contributed by atoms with Crippen LogP contribution in [0.2, 0.25) is 0 Å². The second-order valence-corrected chi connectivity index (χ2v) is 6.76. The van der Waals surface area contributed by atoms with Gasteiger partial charge in [-0.25, -0.2) is 0 Å². The molecule has 0 atom stereocenters. The van der Waals surface area contributed by atoms with Gasteiger partial charge in [0.25, 0.3) is 11.8 Å². The molecule has 5 nitrogen and oxygen atoms in total. The molecule has 0 radical (unpaired) electrons. The third kappa shape index (κ3) is 5.34. The highest BCUT2D eigenvalue weighted by Gasteiger charge is 2.14. The number of rotatable bonds is 7. The summed E-state index contributed by atoms with van der Waals surface area (Å²) >= 11 is 0. The Morgan fingerprint density at radius 1 is 1.08 bits per heavy atom. The van der Waals surface area contributed by atoms with Gasteiger partial charge in [0.05, 0.1) is 12.2 Å². The first-order valence-electron chi connectivity index (χ1n) is 8.73. The van der Waals surface area contributed by atoms with Crippen molar-refractivity contribution >= 4 is 17.5 Å². The zero-order valence-corrected chi connectivity index (χ0v) is 15.8. The van der Waals surface area contributed by atoms with Crippen LogP contribution >= 0.6 is 0 Å². The summed E-state index contributed by atoms with van der Waals surface area (Å²) in [6.07, 6.45) is 0.921. The van der Waals surface area contributed by atoms with Crippen molar-refractivity contribution in [3.05, 3.63) is 59.7 Å². The summed E-state index contributed by atoms with van der Waals surface area (Å²) in [7, 11) is 3.39. The number of nitrogens with zero attached hydrogens (tertiary/aromatic N) is 1. The van der Waals surface area contributed by atoms with Crippen LogP contribution in [0.25, 0.3) is 0 Å². The van der Waals surface area contributed by atoms with Crippen molar-refractivity contribution < 1.29 is 14.3 Å². The summed E-state index contributed by atoms with van der Waals surface area (Å²) in [5.41, 5.74) is 1.56. The van der Waals surface area contributed by atoms with Crippen LogP contribution in [0.4, 0.5) is 5.69 Å². The number of hydrogen-bond donors (Lipinski definition) is 1. The van der Waals surface area contributed by atoms with Crippen LogP contribution < -0.4 is 10.1 Å². The second kappa shape index (κ2) is 9.04. The Bertz CT molecular complexity index is 769. The molecule has 0 aliphatic carbocycles. The van der Waals surface area contributed by atoms with Gasteiger partial charge in [-0.1, -0.05) is 32.0 Å².